The summed E-state index contributed by atoms with van der Waals surface area (Å²) in [5.74, 6) is -1.44. The molecule has 1 saturated heterocycles. The van der Waals surface area contributed by atoms with Crippen LogP contribution in [0.25, 0.3) is 0 Å². The summed E-state index contributed by atoms with van der Waals surface area (Å²) in [6.07, 6.45) is 0.150. The van der Waals surface area contributed by atoms with Crippen molar-refractivity contribution in [3.63, 3.8) is 0 Å². The average Bonchev–Trinajstić information content (AvgIpc) is 2.65. The molecule has 5 nitrogen and oxygen atoms in total. The molecule has 1 heterocycles. The van der Waals surface area contributed by atoms with Crippen molar-refractivity contribution < 1.29 is 19.1 Å². The van der Waals surface area contributed by atoms with Gasteiger partial charge in [-0.05, 0) is 19.6 Å². The third-order valence-corrected chi connectivity index (χ3v) is 8.34. The fourth-order valence-electron chi connectivity index (χ4n) is 3.06. The third-order valence-electron chi connectivity index (χ3n) is 3.90. The number of amides is 1. The zero-order valence-electron chi connectivity index (χ0n) is 13.7. The van der Waals surface area contributed by atoms with Crippen molar-refractivity contribution in [2.24, 2.45) is 0 Å². The summed E-state index contributed by atoms with van der Waals surface area (Å²) < 4.78 is 6.08. The van der Waals surface area contributed by atoms with Gasteiger partial charge in [0.2, 0.25) is 5.91 Å². The Kier molecular flexibility index (Phi) is 5.35. The summed E-state index contributed by atoms with van der Waals surface area (Å²) in [6.45, 7) is 12.5. The Morgan fingerprint density at radius 2 is 1.81 bits per heavy atom. The van der Waals surface area contributed by atoms with Gasteiger partial charge in [-0.3, -0.25) is 9.59 Å². The van der Waals surface area contributed by atoms with Crippen molar-refractivity contribution in [1.29, 1.82) is 0 Å². The van der Waals surface area contributed by atoms with E-state index in [1.54, 1.807) is 0 Å². The molecule has 1 rings (SSSR count). The summed E-state index contributed by atoms with van der Waals surface area (Å²) in [5.41, 5.74) is 0. The minimum absolute atomic E-state index is 0.195. The molecule has 0 radical (unpaired) electrons. The highest BCUT2D eigenvalue weighted by atomic mass is 35.5. The van der Waals surface area contributed by atoms with Gasteiger partial charge in [0, 0.05) is 13.0 Å². The van der Waals surface area contributed by atoms with Gasteiger partial charge in [0.05, 0.1) is 14.2 Å². The molecule has 0 aromatic heterocycles. The Hall–Kier alpha value is -0.376. The van der Waals surface area contributed by atoms with Crippen LogP contribution in [-0.4, -0.2) is 62.0 Å². The van der Waals surface area contributed by atoms with E-state index in [2.05, 4.69) is 19.6 Å². The van der Waals surface area contributed by atoms with Crippen LogP contribution in [0.3, 0.4) is 0 Å². The summed E-state index contributed by atoms with van der Waals surface area (Å²) >= 11 is 5.69. The number of halogens is 1. The van der Waals surface area contributed by atoms with Crippen molar-refractivity contribution in [2.75, 3.05) is 12.4 Å². The Morgan fingerprint density at radius 3 is 2.14 bits per heavy atom. The Morgan fingerprint density at radius 1 is 1.29 bits per heavy atom. The second kappa shape index (κ2) is 6.02. The molecule has 2 atom stereocenters. The highest BCUT2D eigenvalue weighted by Gasteiger charge is 2.61. The van der Waals surface area contributed by atoms with E-state index in [-0.39, 0.29) is 17.9 Å². The first kappa shape index (κ1) is 18.7. The molecule has 1 fully saturated rings. The van der Waals surface area contributed by atoms with Crippen LogP contribution in [0.2, 0.25) is 39.3 Å². The average molecular weight is 352 g/mol. The van der Waals surface area contributed by atoms with E-state index < -0.39 is 27.5 Å². The van der Waals surface area contributed by atoms with Crippen LogP contribution in [0.1, 0.15) is 6.42 Å². The number of carboxylic acids is 1. The topological polar surface area (TPSA) is 66.8 Å². The lowest BCUT2D eigenvalue weighted by molar-refractivity contribution is -0.150. The maximum Gasteiger partial charge on any atom is 0.326 e. The number of rotatable bonds is 5. The van der Waals surface area contributed by atoms with Crippen molar-refractivity contribution >= 4 is 39.9 Å². The monoisotopic (exact) mass is 351 g/mol. The largest absolute Gasteiger partial charge is 0.480 e. The van der Waals surface area contributed by atoms with Gasteiger partial charge in [0.15, 0.2) is 8.32 Å². The quantitative estimate of drug-likeness (QED) is 0.610. The minimum Gasteiger partial charge on any atom is -0.480 e. The SMILES string of the molecule is C[Si](C)(C)O[C@H]1CN(C(=O)CCl)[C@](C(=O)O)([Si](C)(C)C)C1. The van der Waals surface area contributed by atoms with E-state index in [0.717, 1.165) is 0 Å². The number of aliphatic carboxylic acids is 1. The number of likely N-dealkylation sites (tertiary alicyclic amines) is 1. The molecular weight excluding hydrogens is 326 g/mol. The minimum atomic E-state index is -2.21. The van der Waals surface area contributed by atoms with Gasteiger partial charge in [-0.1, -0.05) is 19.6 Å². The molecule has 0 unspecified atom stereocenters. The number of nitrogens with zero attached hydrogens (tertiary/aromatic N) is 1. The fraction of sp³-hybridized carbons (Fsp3) is 0.846. The molecule has 1 aliphatic heterocycles. The molecule has 0 spiro atoms. The predicted molar refractivity (Wildman–Crippen MR) is 89.0 cm³/mol. The van der Waals surface area contributed by atoms with Crippen LogP contribution in [0, 0.1) is 0 Å². The molecule has 0 bridgehead atoms. The molecule has 21 heavy (non-hydrogen) atoms. The number of hydrogen-bond donors (Lipinski definition) is 1. The number of carboxylic acid groups (broad SMARTS) is 1. The van der Waals surface area contributed by atoms with E-state index in [1.807, 2.05) is 19.6 Å². The highest BCUT2D eigenvalue weighted by molar-refractivity contribution is 6.82. The molecule has 1 N–H and O–H groups in total. The van der Waals surface area contributed by atoms with E-state index >= 15 is 0 Å². The van der Waals surface area contributed by atoms with E-state index in [0.29, 0.717) is 13.0 Å². The smallest absolute Gasteiger partial charge is 0.326 e. The Balaban J connectivity index is 3.24. The molecule has 0 aliphatic carbocycles. The third kappa shape index (κ3) is 3.69. The van der Waals surface area contributed by atoms with Crippen molar-refractivity contribution in [2.45, 2.75) is 57.0 Å². The second-order valence-electron chi connectivity index (χ2n) is 7.61. The molecule has 1 amide bonds. The maximum atomic E-state index is 12.2. The number of carbonyl (C=O) groups is 2. The van der Waals surface area contributed by atoms with Gasteiger partial charge in [0.25, 0.3) is 0 Å². The molecule has 1 aliphatic rings. The molecule has 0 aromatic carbocycles. The summed E-state index contributed by atoms with van der Waals surface area (Å²) in [4.78, 5) is 25.7. The Bertz CT molecular complexity index is 433. The molecular formula is C13H26ClNO4Si2. The van der Waals surface area contributed by atoms with E-state index in [4.69, 9.17) is 16.0 Å². The van der Waals surface area contributed by atoms with Gasteiger partial charge in [-0.2, -0.15) is 0 Å². The van der Waals surface area contributed by atoms with E-state index in [9.17, 15) is 14.7 Å². The van der Waals surface area contributed by atoms with Gasteiger partial charge < -0.3 is 14.4 Å². The number of alkyl halides is 1. The predicted octanol–water partition coefficient (Wildman–Crippen LogP) is 2.38. The van der Waals surface area contributed by atoms with Gasteiger partial charge in [-0.15, -0.1) is 11.6 Å². The first-order valence-corrected chi connectivity index (χ1v) is 14.6. The van der Waals surface area contributed by atoms with Crippen molar-refractivity contribution in [1.82, 2.24) is 4.90 Å². The van der Waals surface area contributed by atoms with Crippen LogP contribution in [0.5, 0.6) is 0 Å². The number of carbonyl (C=O) groups excluding carboxylic acids is 1. The number of hydrogen-bond acceptors (Lipinski definition) is 3. The van der Waals surface area contributed by atoms with Crippen LogP contribution >= 0.6 is 11.6 Å². The summed E-state index contributed by atoms with van der Waals surface area (Å²) in [5, 5.41) is 8.75. The fourth-order valence-corrected chi connectivity index (χ4v) is 6.87. The summed E-state index contributed by atoms with van der Waals surface area (Å²) in [6, 6.07) is 0. The molecule has 8 heteroatoms. The van der Waals surface area contributed by atoms with Crippen LogP contribution in [0.4, 0.5) is 0 Å². The zero-order chi connectivity index (χ0) is 16.6. The van der Waals surface area contributed by atoms with E-state index in [1.165, 1.54) is 4.90 Å². The van der Waals surface area contributed by atoms with Crippen molar-refractivity contribution in [3.8, 4) is 0 Å². The van der Waals surface area contributed by atoms with Crippen molar-refractivity contribution in [3.05, 3.63) is 0 Å². The first-order valence-electron chi connectivity index (χ1n) is 7.13. The molecule has 0 saturated carbocycles. The first-order chi connectivity index (χ1) is 9.35. The lowest BCUT2D eigenvalue weighted by Crippen LogP contribution is -2.67. The lowest BCUT2D eigenvalue weighted by Gasteiger charge is -2.43. The van der Waals surface area contributed by atoms with Gasteiger partial charge >= 0.3 is 5.97 Å². The normalized spacial score (nSPS) is 27.0. The van der Waals surface area contributed by atoms with Crippen LogP contribution in [-0.2, 0) is 14.0 Å². The van der Waals surface area contributed by atoms with Crippen LogP contribution < -0.4 is 0 Å². The second-order valence-corrected chi connectivity index (χ2v) is 17.7. The highest BCUT2D eigenvalue weighted by Crippen LogP contribution is 2.40. The Labute approximate surface area is 133 Å². The van der Waals surface area contributed by atoms with Gasteiger partial charge in [-0.25, -0.2) is 0 Å². The maximum absolute atomic E-state index is 12.2. The molecule has 122 valence electrons. The standard InChI is InChI=1S/C13H26ClNO4Si2/c1-20(2,3)13(12(17)18)7-10(19-21(4,5)6)9-15(13)11(16)8-14/h10H,7-9H2,1-6H3,(H,17,18)/t10-,13+/m1/s1. The summed E-state index contributed by atoms with van der Waals surface area (Å²) in [7, 11) is -4.02. The zero-order valence-corrected chi connectivity index (χ0v) is 16.5. The molecule has 0 aromatic rings. The lowest BCUT2D eigenvalue weighted by atomic mass is 10.2. The van der Waals surface area contributed by atoms with Crippen LogP contribution in [0.15, 0.2) is 0 Å². The van der Waals surface area contributed by atoms with Gasteiger partial charge in [0.1, 0.15) is 11.0 Å².